The van der Waals surface area contributed by atoms with Crippen molar-refractivity contribution in [1.82, 2.24) is 0 Å². The molecule has 0 aliphatic rings. The van der Waals surface area contributed by atoms with E-state index in [1.54, 1.807) is 12.1 Å². The van der Waals surface area contributed by atoms with Gasteiger partial charge in [0, 0.05) is 18.8 Å². The average molecular weight is 565 g/mol. The topological polar surface area (TPSA) is 124 Å². The van der Waals surface area contributed by atoms with Crippen LogP contribution in [0.15, 0.2) is 64.9 Å². The molecule has 2 aromatic carbocycles. The number of nitrogens with one attached hydrogen (secondary N) is 1. The number of aliphatic carboxylic acids is 1. The van der Waals surface area contributed by atoms with E-state index in [1.807, 2.05) is 42.2 Å². The lowest BCUT2D eigenvalue weighted by atomic mass is 10.1. The van der Waals surface area contributed by atoms with Crippen LogP contribution in [0.1, 0.15) is 22.8 Å². The van der Waals surface area contributed by atoms with E-state index in [4.69, 9.17) is 21.5 Å². The molecule has 0 bridgehead atoms. The van der Waals surface area contributed by atoms with Gasteiger partial charge in [-0.3, -0.25) is 4.72 Å². The second-order valence-electron chi connectivity index (χ2n) is 7.00. The first-order valence-corrected chi connectivity index (χ1v) is 12.7. The van der Waals surface area contributed by atoms with Gasteiger partial charge >= 0.3 is 18.1 Å². The SMILES string of the molecule is CCN(Cc1ccccc1)c1ccc(NS(=O)(=O)c2ccc(Cl)s2)cc1C(=O)O.O=C(O)C(F)(F)F. The van der Waals surface area contributed by atoms with Crippen LogP contribution in [0.25, 0.3) is 0 Å². The van der Waals surface area contributed by atoms with Gasteiger partial charge in [-0.2, -0.15) is 13.2 Å². The second-order valence-corrected chi connectivity index (χ2v) is 10.6. The predicted molar refractivity (Wildman–Crippen MR) is 130 cm³/mol. The summed E-state index contributed by atoms with van der Waals surface area (Å²) >= 11 is 6.75. The summed E-state index contributed by atoms with van der Waals surface area (Å²) in [5.41, 5.74) is 1.76. The Morgan fingerprint density at radius 3 is 2.14 bits per heavy atom. The van der Waals surface area contributed by atoms with Crippen LogP contribution >= 0.6 is 22.9 Å². The molecular formula is C22H20ClF3N2O6S2. The number of anilines is 2. The number of nitrogens with zero attached hydrogens (tertiary/aromatic N) is 1. The molecular weight excluding hydrogens is 545 g/mol. The van der Waals surface area contributed by atoms with E-state index < -0.39 is 28.1 Å². The fraction of sp³-hybridized carbons (Fsp3) is 0.182. The molecule has 14 heteroatoms. The van der Waals surface area contributed by atoms with Crippen molar-refractivity contribution in [3.8, 4) is 0 Å². The van der Waals surface area contributed by atoms with E-state index in [2.05, 4.69) is 4.72 Å². The summed E-state index contributed by atoms with van der Waals surface area (Å²) in [6.45, 7) is 3.07. The minimum Gasteiger partial charge on any atom is -0.478 e. The number of carboxylic acids is 2. The van der Waals surface area contributed by atoms with Gasteiger partial charge in [-0.25, -0.2) is 18.0 Å². The van der Waals surface area contributed by atoms with E-state index in [1.165, 1.54) is 18.2 Å². The molecule has 0 spiro atoms. The highest BCUT2D eigenvalue weighted by Gasteiger charge is 2.38. The van der Waals surface area contributed by atoms with Gasteiger partial charge in [0.15, 0.2) is 0 Å². The van der Waals surface area contributed by atoms with E-state index in [0.29, 0.717) is 23.1 Å². The lowest BCUT2D eigenvalue weighted by Gasteiger charge is -2.25. The normalized spacial score (nSPS) is 11.2. The lowest BCUT2D eigenvalue weighted by molar-refractivity contribution is -0.192. The largest absolute Gasteiger partial charge is 0.490 e. The van der Waals surface area contributed by atoms with Crippen molar-refractivity contribution in [3.05, 3.63) is 76.1 Å². The summed E-state index contributed by atoms with van der Waals surface area (Å²) in [5.74, 6) is -3.89. The van der Waals surface area contributed by atoms with Crippen molar-refractivity contribution in [3.63, 3.8) is 0 Å². The number of carboxylic acid groups (broad SMARTS) is 2. The summed E-state index contributed by atoms with van der Waals surface area (Å²) in [7, 11) is -3.84. The summed E-state index contributed by atoms with van der Waals surface area (Å²) in [6, 6.07) is 17.1. The molecule has 3 N–H and O–H groups in total. The van der Waals surface area contributed by atoms with Gasteiger partial charge in [0.05, 0.1) is 15.6 Å². The van der Waals surface area contributed by atoms with E-state index in [0.717, 1.165) is 16.9 Å². The summed E-state index contributed by atoms with van der Waals surface area (Å²) in [4.78, 5) is 22.7. The third-order valence-electron chi connectivity index (χ3n) is 4.47. The van der Waals surface area contributed by atoms with Crippen LogP contribution in [0, 0.1) is 0 Å². The zero-order valence-electron chi connectivity index (χ0n) is 18.5. The Labute approximate surface area is 213 Å². The zero-order chi connectivity index (χ0) is 27.1. The molecule has 0 amide bonds. The molecule has 1 aromatic heterocycles. The highest BCUT2D eigenvalue weighted by atomic mass is 35.5. The van der Waals surface area contributed by atoms with Crippen LogP contribution in [0.4, 0.5) is 24.5 Å². The fourth-order valence-corrected chi connectivity index (χ4v) is 5.40. The van der Waals surface area contributed by atoms with E-state index >= 15 is 0 Å². The first kappa shape index (κ1) is 28.9. The van der Waals surface area contributed by atoms with Crippen LogP contribution in [0.3, 0.4) is 0 Å². The third kappa shape index (κ3) is 8.14. The molecule has 0 radical (unpaired) electrons. The summed E-state index contributed by atoms with van der Waals surface area (Å²) < 4.78 is 59.6. The van der Waals surface area contributed by atoms with Crippen LogP contribution in [-0.2, 0) is 21.4 Å². The molecule has 0 saturated carbocycles. The number of halogens is 4. The molecule has 0 atom stereocenters. The first-order chi connectivity index (χ1) is 16.7. The Balaban J connectivity index is 0.000000572. The number of hydrogen-bond donors (Lipinski definition) is 3. The molecule has 0 aliphatic heterocycles. The van der Waals surface area contributed by atoms with Crippen molar-refractivity contribution in [1.29, 1.82) is 0 Å². The van der Waals surface area contributed by atoms with Gasteiger partial charge < -0.3 is 15.1 Å². The number of aromatic carboxylic acids is 1. The third-order valence-corrected chi connectivity index (χ3v) is 7.58. The van der Waals surface area contributed by atoms with Gasteiger partial charge in [0.25, 0.3) is 10.0 Å². The van der Waals surface area contributed by atoms with Crippen molar-refractivity contribution in [2.24, 2.45) is 0 Å². The molecule has 8 nitrogen and oxygen atoms in total. The summed E-state index contributed by atoms with van der Waals surface area (Å²) in [6.07, 6.45) is -5.08. The number of benzene rings is 2. The van der Waals surface area contributed by atoms with Crippen LogP contribution in [0.2, 0.25) is 4.34 Å². The highest BCUT2D eigenvalue weighted by molar-refractivity contribution is 7.94. The lowest BCUT2D eigenvalue weighted by Crippen LogP contribution is -2.24. The minimum absolute atomic E-state index is 0.0205. The maximum atomic E-state index is 12.5. The highest BCUT2D eigenvalue weighted by Crippen LogP contribution is 2.30. The Kier molecular flexibility index (Phi) is 9.73. The Morgan fingerprint density at radius 2 is 1.67 bits per heavy atom. The van der Waals surface area contributed by atoms with Crippen molar-refractivity contribution in [2.75, 3.05) is 16.2 Å². The smallest absolute Gasteiger partial charge is 0.478 e. The molecule has 0 aliphatic carbocycles. The number of alkyl halides is 3. The van der Waals surface area contributed by atoms with Crippen LogP contribution < -0.4 is 9.62 Å². The fourth-order valence-electron chi connectivity index (χ4n) is 2.87. The van der Waals surface area contributed by atoms with E-state index in [9.17, 15) is 31.5 Å². The number of thiophene rings is 1. The second kappa shape index (κ2) is 12.1. The van der Waals surface area contributed by atoms with Gasteiger partial charge in [0.2, 0.25) is 0 Å². The molecule has 0 saturated heterocycles. The summed E-state index contributed by atoms with van der Waals surface area (Å²) in [5, 5.41) is 16.8. The van der Waals surface area contributed by atoms with Gasteiger partial charge in [-0.1, -0.05) is 41.9 Å². The van der Waals surface area contributed by atoms with Crippen molar-refractivity contribution >= 4 is 56.3 Å². The maximum Gasteiger partial charge on any atom is 0.490 e. The number of sulfonamides is 1. The van der Waals surface area contributed by atoms with Gasteiger partial charge in [-0.05, 0) is 42.8 Å². The molecule has 3 rings (SSSR count). The Hall–Kier alpha value is -3.29. The minimum atomic E-state index is -5.08. The molecule has 36 heavy (non-hydrogen) atoms. The number of rotatable bonds is 8. The van der Waals surface area contributed by atoms with Gasteiger partial charge in [0.1, 0.15) is 4.21 Å². The molecule has 3 aromatic rings. The maximum absolute atomic E-state index is 12.5. The average Bonchev–Trinajstić information content (AvgIpc) is 3.25. The molecule has 0 unspecified atom stereocenters. The quantitative estimate of drug-likeness (QED) is 0.327. The van der Waals surface area contributed by atoms with Crippen molar-refractivity contribution < 1.29 is 41.4 Å². The number of carbonyl (C=O) groups is 2. The van der Waals surface area contributed by atoms with E-state index in [-0.39, 0.29) is 15.5 Å². The molecule has 194 valence electrons. The molecule has 1 heterocycles. The monoisotopic (exact) mass is 564 g/mol. The Morgan fingerprint density at radius 1 is 1.06 bits per heavy atom. The van der Waals surface area contributed by atoms with Crippen molar-refractivity contribution in [2.45, 2.75) is 23.9 Å². The van der Waals surface area contributed by atoms with Crippen LogP contribution in [0.5, 0.6) is 0 Å². The number of hydrogen-bond acceptors (Lipinski definition) is 6. The standard InChI is InChI=1S/C20H19ClN2O4S2.C2HF3O2/c1-2-23(13-14-6-4-3-5-7-14)17-9-8-15(12-16(17)20(24)25)22-29(26,27)19-11-10-18(21)28-19;3-2(4,5)1(6)7/h3-12,22H,2,13H2,1H3,(H,24,25);(H,6,7). The van der Waals surface area contributed by atoms with Crippen LogP contribution in [-0.4, -0.2) is 43.3 Å². The Bertz CT molecular complexity index is 1310. The predicted octanol–water partition coefficient (Wildman–Crippen LogP) is 5.56. The first-order valence-electron chi connectivity index (χ1n) is 9.99. The molecule has 0 fully saturated rings. The zero-order valence-corrected chi connectivity index (χ0v) is 20.9. The van der Waals surface area contributed by atoms with Gasteiger partial charge in [-0.15, -0.1) is 11.3 Å².